The molecule has 1 aromatic carbocycles. The molecular weight excluding hydrogens is 259 g/mol. The zero-order valence-corrected chi connectivity index (χ0v) is 11.6. The summed E-state index contributed by atoms with van der Waals surface area (Å²) in [5.41, 5.74) is 0.849. The van der Waals surface area contributed by atoms with Gasteiger partial charge in [0.1, 0.15) is 0 Å². The Morgan fingerprint density at radius 3 is 2.50 bits per heavy atom. The smallest absolute Gasteiger partial charge is 0.225 e. The molecule has 1 aromatic rings. The van der Waals surface area contributed by atoms with Crippen LogP contribution in [0.25, 0.3) is 0 Å². The van der Waals surface area contributed by atoms with E-state index in [2.05, 4.69) is 4.90 Å². The van der Waals surface area contributed by atoms with Crippen LogP contribution in [0.15, 0.2) is 18.2 Å². The third-order valence-corrected chi connectivity index (χ3v) is 4.02. The molecule has 5 heteroatoms. The Hall–Kier alpha value is -1.78. The van der Waals surface area contributed by atoms with Crippen molar-refractivity contribution in [2.75, 3.05) is 38.2 Å². The fraction of sp³-hybridized carbons (Fsp3) is 0.533. The fourth-order valence-corrected chi connectivity index (χ4v) is 2.63. The van der Waals surface area contributed by atoms with Crippen LogP contribution in [0.4, 0.5) is 10.1 Å². The first-order valence-corrected chi connectivity index (χ1v) is 7.06. The molecule has 1 aliphatic heterocycles. The van der Waals surface area contributed by atoms with Gasteiger partial charge in [-0.05, 0) is 25.0 Å². The van der Waals surface area contributed by atoms with E-state index in [9.17, 15) is 9.18 Å². The molecule has 4 nitrogen and oxygen atoms in total. The van der Waals surface area contributed by atoms with Gasteiger partial charge in [0.2, 0.25) is 5.91 Å². The third kappa shape index (κ3) is 2.57. The summed E-state index contributed by atoms with van der Waals surface area (Å²) in [7, 11) is 1.46. The number of anilines is 1. The molecule has 0 atom stereocenters. The Morgan fingerprint density at radius 1 is 1.25 bits per heavy atom. The van der Waals surface area contributed by atoms with Crippen molar-refractivity contribution < 1.29 is 13.9 Å². The van der Waals surface area contributed by atoms with Crippen molar-refractivity contribution in [3.63, 3.8) is 0 Å². The van der Waals surface area contributed by atoms with Crippen LogP contribution in [0.2, 0.25) is 0 Å². The van der Waals surface area contributed by atoms with E-state index in [-0.39, 0.29) is 17.5 Å². The van der Waals surface area contributed by atoms with Crippen LogP contribution in [0.5, 0.6) is 5.75 Å². The molecule has 0 N–H and O–H groups in total. The molecular formula is C15H19FN2O2. The average molecular weight is 278 g/mol. The highest BCUT2D eigenvalue weighted by molar-refractivity contribution is 5.81. The van der Waals surface area contributed by atoms with Gasteiger partial charge in [0.15, 0.2) is 11.6 Å². The van der Waals surface area contributed by atoms with Crippen molar-refractivity contribution in [3.8, 4) is 5.75 Å². The molecule has 1 amide bonds. The van der Waals surface area contributed by atoms with Crippen LogP contribution in [0.1, 0.15) is 12.8 Å². The number of hydrogen-bond donors (Lipinski definition) is 0. The highest BCUT2D eigenvalue weighted by Crippen LogP contribution is 2.31. The number of carbonyl (C=O) groups excluding carboxylic acids is 1. The second-order valence-corrected chi connectivity index (χ2v) is 5.41. The predicted molar refractivity (Wildman–Crippen MR) is 74.5 cm³/mol. The molecule has 2 aliphatic rings. The van der Waals surface area contributed by atoms with Crippen LogP contribution in [-0.2, 0) is 4.79 Å². The topological polar surface area (TPSA) is 32.8 Å². The largest absolute Gasteiger partial charge is 0.494 e. The van der Waals surface area contributed by atoms with Crippen LogP contribution >= 0.6 is 0 Å². The maximum Gasteiger partial charge on any atom is 0.225 e. The molecule has 0 unspecified atom stereocenters. The standard InChI is InChI=1S/C15H19FN2O2/c1-20-14-5-4-12(10-13(14)16)17-6-8-18(9-7-17)15(19)11-2-3-11/h4-5,10-11H,2-3,6-9H2,1H3. The summed E-state index contributed by atoms with van der Waals surface area (Å²) >= 11 is 0. The number of carbonyl (C=O) groups is 1. The van der Waals surface area contributed by atoms with E-state index in [4.69, 9.17) is 4.74 Å². The summed E-state index contributed by atoms with van der Waals surface area (Å²) in [5, 5.41) is 0. The molecule has 0 spiro atoms. The first kappa shape index (κ1) is 13.2. The quantitative estimate of drug-likeness (QED) is 0.846. The van der Waals surface area contributed by atoms with Crippen molar-refractivity contribution in [1.29, 1.82) is 0 Å². The Morgan fingerprint density at radius 2 is 1.95 bits per heavy atom. The van der Waals surface area contributed by atoms with Gasteiger partial charge in [-0.1, -0.05) is 0 Å². The molecule has 20 heavy (non-hydrogen) atoms. The van der Waals surface area contributed by atoms with E-state index >= 15 is 0 Å². The predicted octanol–water partition coefficient (Wildman–Crippen LogP) is 1.89. The minimum atomic E-state index is -0.346. The van der Waals surface area contributed by atoms with E-state index in [1.807, 2.05) is 11.0 Å². The molecule has 1 aliphatic carbocycles. The summed E-state index contributed by atoms with van der Waals surface area (Å²) in [6.07, 6.45) is 2.09. The van der Waals surface area contributed by atoms with Gasteiger partial charge in [-0.3, -0.25) is 4.79 Å². The average Bonchev–Trinajstić information content (AvgIpc) is 3.31. The number of amides is 1. The van der Waals surface area contributed by atoms with Gasteiger partial charge in [-0.25, -0.2) is 4.39 Å². The van der Waals surface area contributed by atoms with Gasteiger partial charge in [0.25, 0.3) is 0 Å². The van der Waals surface area contributed by atoms with Crippen LogP contribution < -0.4 is 9.64 Å². The van der Waals surface area contributed by atoms with Crippen molar-refractivity contribution in [1.82, 2.24) is 4.90 Å². The number of ether oxygens (including phenoxy) is 1. The van der Waals surface area contributed by atoms with E-state index in [0.29, 0.717) is 5.91 Å². The van der Waals surface area contributed by atoms with Gasteiger partial charge in [-0.15, -0.1) is 0 Å². The van der Waals surface area contributed by atoms with Crippen LogP contribution in [0, 0.1) is 11.7 Å². The Labute approximate surface area is 118 Å². The monoisotopic (exact) mass is 278 g/mol. The zero-order valence-electron chi connectivity index (χ0n) is 11.6. The second kappa shape index (κ2) is 5.31. The maximum atomic E-state index is 13.7. The maximum absolute atomic E-state index is 13.7. The van der Waals surface area contributed by atoms with Crippen molar-refractivity contribution in [3.05, 3.63) is 24.0 Å². The first-order valence-electron chi connectivity index (χ1n) is 7.06. The number of nitrogens with zero attached hydrogens (tertiary/aromatic N) is 2. The van der Waals surface area contributed by atoms with E-state index in [1.165, 1.54) is 13.2 Å². The summed E-state index contributed by atoms with van der Waals surface area (Å²) in [4.78, 5) is 16.0. The molecule has 1 saturated heterocycles. The van der Waals surface area contributed by atoms with E-state index in [1.54, 1.807) is 6.07 Å². The number of methoxy groups -OCH3 is 1. The minimum Gasteiger partial charge on any atom is -0.494 e. The number of benzene rings is 1. The molecule has 0 bridgehead atoms. The van der Waals surface area contributed by atoms with Gasteiger partial charge in [-0.2, -0.15) is 0 Å². The van der Waals surface area contributed by atoms with Crippen molar-refractivity contribution >= 4 is 11.6 Å². The zero-order chi connectivity index (χ0) is 14.1. The van der Waals surface area contributed by atoms with Crippen molar-refractivity contribution in [2.24, 2.45) is 5.92 Å². The lowest BCUT2D eigenvalue weighted by Crippen LogP contribution is -2.49. The molecule has 2 fully saturated rings. The Balaban J connectivity index is 1.62. The van der Waals surface area contributed by atoms with Crippen molar-refractivity contribution in [2.45, 2.75) is 12.8 Å². The lowest BCUT2D eigenvalue weighted by molar-refractivity contribution is -0.132. The summed E-state index contributed by atoms with van der Waals surface area (Å²) in [6.45, 7) is 2.96. The SMILES string of the molecule is COc1ccc(N2CCN(C(=O)C3CC3)CC2)cc1F. The summed E-state index contributed by atoms with van der Waals surface area (Å²) < 4.78 is 18.6. The molecule has 108 valence electrons. The van der Waals surface area contributed by atoms with Crippen LogP contribution in [0.3, 0.4) is 0 Å². The second-order valence-electron chi connectivity index (χ2n) is 5.41. The summed E-state index contributed by atoms with van der Waals surface area (Å²) in [5.74, 6) is 0.489. The fourth-order valence-electron chi connectivity index (χ4n) is 2.63. The van der Waals surface area contributed by atoms with Gasteiger partial charge in [0.05, 0.1) is 7.11 Å². The normalized spacial score (nSPS) is 19.1. The first-order chi connectivity index (χ1) is 9.69. The van der Waals surface area contributed by atoms with Gasteiger partial charge >= 0.3 is 0 Å². The lowest BCUT2D eigenvalue weighted by Gasteiger charge is -2.36. The number of halogens is 1. The lowest BCUT2D eigenvalue weighted by atomic mass is 10.2. The molecule has 0 aromatic heterocycles. The molecule has 1 heterocycles. The molecule has 1 saturated carbocycles. The highest BCUT2D eigenvalue weighted by Gasteiger charge is 2.34. The Bertz CT molecular complexity index is 509. The summed E-state index contributed by atoms with van der Waals surface area (Å²) in [6, 6.07) is 5.00. The molecule has 3 rings (SSSR count). The van der Waals surface area contributed by atoms with Gasteiger partial charge in [0, 0.05) is 43.9 Å². The van der Waals surface area contributed by atoms with Gasteiger partial charge < -0.3 is 14.5 Å². The van der Waals surface area contributed by atoms with E-state index in [0.717, 1.165) is 44.7 Å². The third-order valence-electron chi connectivity index (χ3n) is 4.02. The number of piperazine rings is 1. The minimum absolute atomic E-state index is 0.260. The number of hydrogen-bond acceptors (Lipinski definition) is 3. The van der Waals surface area contributed by atoms with Crippen LogP contribution in [-0.4, -0.2) is 44.1 Å². The molecule has 0 radical (unpaired) electrons. The number of rotatable bonds is 3. The van der Waals surface area contributed by atoms with E-state index < -0.39 is 0 Å². The Kier molecular flexibility index (Phi) is 3.51. The highest BCUT2D eigenvalue weighted by atomic mass is 19.1.